The average molecular weight is 328 g/mol. The summed E-state index contributed by atoms with van der Waals surface area (Å²) in [6.07, 6.45) is 8.23. The highest BCUT2D eigenvalue weighted by molar-refractivity contribution is 5.93. The van der Waals surface area contributed by atoms with Crippen LogP contribution in [0.4, 0.5) is 10.3 Å². The summed E-state index contributed by atoms with van der Waals surface area (Å²) in [7, 11) is 0. The van der Waals surface area contributed by atoms with Gasteiger partial charge < -0.3 is 10.6 Å². The topological polar surface area (TPSA) is 66.9 Å². The first-order chi connectivity index (χ1) is 11.7. The second-order valence-electron chi connectivity index (χ2n) is 6.02. The Hall–Kier alpha value is -2.50. The van der Waals surface area contributed by atoms with Gasteiger partial charge in [-0.3, -0.25) is 4.79 Å². The van der Waals surface area contributed by atoms with Crippen LogP contribution in [0.3, 0.4) is 0 Å². The second kappa shape index (κ2) is 7.86. The largest absolute Gasteiger partial charge is 0.352 e. The lowest BCUT2D eigenvalue weighted by atomic mass is 10.1. The van der Waals surface area contributed by atoms with E-state index in [0.29, 0.717) is 36.1 Å². The van der Waals surface area contributed by atoms with Gasteiger partial charge in [0, 0.05) is 25.0 Å². The zero-order valence-corrected chi connectivity index (χ0v) is 13.5. The number of hydrogen-bond donors (Lipinski definition) is 2. The molecule has 2 aromatic rings. The van der Waals surface area contributed by atoms with Gasteiger partial charge in [0.05, 0.1) is 5.56 Å². The van der Waals surface area contributed by atoms with Crippen molar-refractivity contribution in [1.82, 2.24) is 15.3 Å². The number of rotatable bonds is 6. The molecule has 0 atom stereocenters. The lowest BCUT2D eigenvalue weighted by Gasteiger charge is -2.11. The predicted octanol–water partition coefficient (Wildman–Crippen LogP) is 2.94. The summed E-state index contributed by atoms with van der Waals surface area (Å²) in [5.74, 6) is 0.0565. The minimum atomic E-state index is -0.252. The van der Waals surface area contributed by atoms with Crippen molar-refractivity contribution in [3.63, 3.8) is 0 Å². The number of nitrogens with zero attached hydrogens (tertiary/aromatic N) is 2. The molecule has 2 N–H and O–H groups in total. The Kier molecular flexibility index (Phi) is 5.36. The summed E-state index contributed by atoms with van der Waals surface area (Å²) in [6.45, 7) is 0.363. The van der Waals surface area contributed by atoms with Crippen molar-refractivity contribution in [3.05, 3.63) is 53.6 Å². The number of benzene rings is 1. The van der Waals surface area contributed by atoms with Crippen molar-refractivity contribution in [3.8, 4) is 0 Å². The molecular formula is C18H21FN4O. The van der Waals surface area contributed by atoms with Gasteiger partial charge in [0.25, 0.3) is 5.91 Å². The van der Waals surface area contributed by atoms with Crippen molar-refractivity contribution in [1.29, 1.82) is 0 Å². The van der Waals surface area contributed by atoms with E-state index in [2.05, 4.69) is 20.6 Å². The van der Waals surface area contributed by atoms with E-state index in [0.717, 1.165) is 12.8 Å². The molecule has 1 amide bonds. The molecule has 0 saturated heterocycles. The summed E-state index contributed by atoms with van der Waals surface area (Å²) >= 11 is 0. The third-order valence-corrected chi connectivity index (χ3v) is 4.24. The molecule has 0 aliphatic heterocycles. The van der Waals surface area contributed by atoms with Crippen LogP contribution in [-0.2, 0) is 6.42 Å². The quantitative estimate of drug-likeness (QED) is 0.855. The van der Waals surface area contributed by atoms with E-state index in [1.807, 2.05) is 0 Å². The third kappa shape index (κ3) is 4.28. The van der Waals surface area contributed by atoms with Gasteiger partial charge in [0.1, 0.15) is 5.82 Å². The minimum absolute atomic E-state index is 0.251. The fourth-order valence-corrected chi connectivity index (χ4v) is 2.89. The first-order valence-electron chi connectivity index (χ1n) is 8.32. The molecule has 0 unspecified atom stereocenters. The summed E-state index contributed by atoms with van der Waals surface area (Å²) in [5, 5.41) is 6.04. The maximum atomic E-state index is 13.5. The smallest absolute Gasteiger partial charge is 0.254 e. The van der Waals surface area contributed by atoms with E-state index >= 15 is 0 Å². The number of amides is 1. The molecule has 1 aliphatic carbocycles. The fourth-order valence-electron chi connectivity index (χ4n) is 2.89. The van der Waals surface area contributed by atoms with Crippen LogP contribution in [0.5, 0.6) is 0 Å². The highest BCUT2D eigenvalue weighted by Crippen LogP contribution is 2.20. The standard InChI is InChI=1S/C18H21FN4O/c19-16-8-4-1-5-13(16)9-10-20-17(24)14-11-21-18(22-12-14)23-15-6-2-3-7-15/h1,4-5,8,11-12,15H,2-3,6-7,9-10H2,(H,20,24)(H,21,22,23). The highest BCUT2D eigenvalue weighted by Gasteiger charge is 2.15. The molecule has 1 aliphatic rings. The van der Waals surface area contributed by atoms with E-state index in [-0.39, 0.29) is 11.7 Å². The Morgan fingerprint density at radius 3 is 2.58 bits per heavy atom. The van der Waals surface area contributed by atoms with Crippen molar-refractivity contribution >= 4 is 11.9 Å². The first kappa shape index (κ1) is 16.4. The van der Waals surface area contributed by atoms with Crippen LogP contribution in [0.2, 0.25) is 0 Å². The molecule has 5 nitrogen and oxygen atoms in total. The summed E-state index contributed by atoms with van der Waals surface area (Å²) < 4.78 is 13.5. The normalized spacial score (nSPS) is 14.5. The molecule has 0 radical (unpaired) electrons. The molecule has 126 valence electrons. The van der Waals surface area contributed by atoms with E-state index < -0.39 is 0 Å². The van der Waals surface area contributed by atoms with E-state index in [9.17, 15) is 9.18 Å². The molecule has 1 aromatic heterocycles. The Morgan fingerprint density at radius 2 is 1.88 bits per heavy atom. The van der Waals surface area contributed by atoms with Crippen molar-refractivity contribution in [2.45, 2.75) is 38.1 Å². The van der Waals surface area contributed by atoms with Crippen LogP contribution in [0.25, 0.3) is 0 Å². The first-order valence-corrected chi connectivity index (χ1v) is 8.32. The number of anilines is 1. The van der Waals surface area contributed by atoms with Crippen LogP contribution < -0.4 is 10.6 Å². The number of hydrogen-bond acceptors (Lipinski definition) is 4. The lowest BCUT2D eigenvalue weighted by Crippen LogP contribution is -2.26. The second-order valence-corrected chi connectivity index (χ2v) is 6.02. The zero-order valence-electron chi connectivity index (χ0n) is 13.5. The fraction of sp³-hybridized carbons (Fsp3) is 0.389. The van der Waals surface area contributed by atoms with Gasteiger partial charge >= 0.3 is 0 Å². The van der Waals surface area contributed by atoms with Crippen LogP contribution in [0.1, 0.15) is 41.6 Å². The molecule has 6 heteroatoms. The molecule has 3 rings (SSSR count). The van der Waals surface area contributed by atoms with Crippen LogP contribution in [0.15, 0.2) is 36.7 Å². The monoisotopic (exact) mass is 328 g/mol. The van der Waals surface area contributed by atoms with Crippen molar-refractivity contribution < 1.29 is 9.18 Å². The molecular weight excluding hydrogens is 307 g/mol. The Balaban J connectivity index is 1.48. The van der Waals surface area contributed by atoms with Gasteiger partial charge in [-0.25, -0.2) is 14.4 Å². The van der Waals surface area contributed by atoms with Gasteiger partial charge in [-0.15, -0.1) is 0 Å². The van der Waals surface area contributed by atoms with Gasteiger partial charge in [-0.2, -0.15) is 0 Å². The maximum absolute atomic E-state index is 13.5. The third-order valence-electron chi connectivity index (χ3n) is 4.24. The number of carbonyl (C=O) groups excluding carboxylic acids is 1. The molecule has 0 spiro atoms. The van der Waals surface area contributed by atoms with Gasteiger partial charge in [-0.05, 0) is 30.9 Å². The Bertz CT molecular complexity index is 684. The number of halogens is 1. The predicted molar refractivity (Wildman–Crippen MR) is 90.3 cm³/mol. The van der Waals surface area contributed by atoms with Crippen LogP contribution >= 0.6 is 0 Å². The molecule has 1 aromatic carbocycles. The van der Waals surface area contributed by atoms with Crippen LogP contribution in [0, 0.1) is 5.82 Å². The molecule has 0 bridgehead atoms. The van der Waals surface area contributed by atoms with Gasteiger partial charge in [0.2, 0.25) is 5.95 Å². The zero-order chi connectivity index (χ0) is 16.8. The van der Waals surface area contributed by atoms with Gasteiger partial charge in [0.15, 0.2) is 0 Å². The summed E-state index contributed by atoms with van der Waals surface area (Å²) in [6, 6.07) is 7.00. The summed E-state index contributed by atoms with van der Waals surface area (Å²) in [5.41, 5.74) is 0.991. The van der Waals surface area contributed by atoms with Crippen molar-refractivity contribution in [2.24, 2.45) is 0 Å². The number of nitrogens with one attached hydrogen (secondary N) is 2. The molecule has 24 heavy (non-hydrogen) atoms. The minimum Gasteiger partial charge on any atom is -0.352 e. The number of aromatic nitrogens is 2. The van der Waals surface area contributed by atoms with E-state index in [1.54, 1.807) is 18.2 Å². The Morgan fingerprint density at radius 1 is 1.17 bits per heavy atom. The summed E-state index contributed by atoms with van der Waals surface area (Å²) in [4.78, 5) is 20.5. The number of carbonyl (C=O) groups is 1. The molecule has 1 saturated carbocycles. The van der Waals surface area contributed by atoms with Gasteiger partial charge in [-0.1, -0.05) is 31.0 Å². The van der Waals surface area contributed by atoms with Crippen LogP contribution in [-0.4, -0.2) is 28.5 Å². The highest BCUT2D eigenvalue weighted by atomic mass is 19.1. The van der Waals surface area contributed by atoms with Crippen molar-refractivity contribution in [2.75, 3.05) is 11.9 Å². The Labute approximate surface area is 140 Å². The van der Waals surface area contributed by atoms with E-state index in [1.165, 1.54) is 31.3 Å². The SMILES string of the molecule is O=C(NCCc1ccccc1F)c1cnc(NC2CCCC2)nc1. The lowest BCUT2D eigenvalue weighted by molar-refractivity contribution is 0.0953. The maximum Gasteiger partial charge on any atom is 0.254 e. The molecule has 1 fully saturated rings. The van der Waals surface area contributed by atoms with E-state index in [4.69, 9.17) is 0 Å². The average Bonchev–Trinajstić information content (AvgIpc) is 3.10. The molecule has 1 heterocycles.